The van der Waals surface area contributed by atoms with Crippen LogP contribution in [0.3, 0.4) is 0 Å². The lowest BCUT2D eigenvalue weighted by molar-refractivity contribution is -0.384. The molecule has 0 radical (unpaired) electrons. The molecule has 3 aliphatic rings. The van der Waals surface area contributed by atoms with E-state index >= 15 is 0 Å². The summed E-state index contributed by atoms with van der Waals surface area (Å²) in [7, 11) is 0. The number of hydrogen-bond acceptors (Lipinski definition) is 7. The zero-order valence-corrected chi connectivity index (χ0v) is 19.3. The molecule has 1 N–H and O–H groups in total. The van der Waals surface area contributed by atoms with Crippen molar-refractivity contribution in [1.82, 2.24) is 4.90 Å². The Morgan fingerprint density at radius 2 is 2.06 bits per heavy atom. The Hall–Kier alpha value is -3.08. The fourth-order valence-corrected chi connectivity index (χ4v) is 7.87. The Bertz CT molecular complexity index is 1350. The molecule has 10 heteroatoms. The van der Waals surface area contributed by atoms with Crippen LogP contribution >= 0.6 is 23.1 Å². The SMILES string of the molecule is O=C(c1cccs1)C1C(c2cccc([N+](=O)[O-])c2)C2CSCN2[C@@]12C(=O)Nc1ccc(F)cc12. The van der Waals surface area contributed by atoms with E-state index in [0.717, 1.165) is 0 Å². The van der Waals surface area contributed by atoms with E-state index in [9.17, 15) is 24.1 Å². The first-order chi connectivity index (χ1) is 16.4. The monoisotopic (exact) mass is 495 g/mol. The van der Waals surface area contributed by atoms with Gasteiger partial charge in [0, 0.05) is 47.0 Å². The standard InChI is InChI=1S/C24H18FN3O4S2/c25-14-6-7-17-16(10-14)24(23(30)26-17)21(22(29)19-5-2-8-34-19)20(18-11-33-12-27(18)24)13-3-1-4-15(9-13)28(31)32/h1-10,18,20-21H,11-12H2,(H,26,30)/t18?,20?,21?,24-/m1/s1. The normalized spacial score (nSPS) is 27.6. The van der Waals surface area contributed by atoms with Gasteiger partial charge in [0.05, 0.1) is 15.7 Å². The van der Waals surface area contributed by atoms with Gasteiger partial charge in [-0.05, 0) is 35.2 Å². The van der Waals surface area contributed by atoms with Gasteiger partial charge in [-0.15, -0.1) is 23.1 Å². The molecule has 3 aromatic rings. The fraction of sp³-hybridized carbons (Fsp3) is 0.250. The number of thiophene rings is 1. The van der Waals surface area contributed by atoms with Gasteiger partial charge in [0.2, 0.25) is 5.91 Å². The minimum absolute atomic E-state index is 0.0692. The molecule has 6 rings (SSSR count). The number of nitrogens with one attached hydrogen (secondary N) is 1. The molecule has 0 aliphatic carbocycles. The lowest BCUT2D eigenvalue weighted by atomic mass is 9.70. The summed E-state index contributed by atoms with van der Waals surface area (Å²) >= 11 is 2.93. The minimum atomic E-state index is -1.40. The van der Waals surface area contributed by atoms with E-state index in [-0.39, 0.29) is 23.4 Å². The topological polar surface area (TPSA) is 92.5 Å². The second-order valence-corrected chi connectivity index (χ2v) is 10.6. The first kappa shape index (κ1) is 21.5. The molecule has 2 saturated heterocycles. The van der Waals surface area contributed by atoms with Crippen molar-refractivity contribution in [2.45, 2.75) is 17.5 Å². The zero-order valence-electron chi connectivity index (χ0n) is 17.6. The number of amides is 1. The highest BCUT2D eigenvalue weighted by molar-refractivity contribution is 7.99. The number of hydrogen-bond donors (Lipinski definition) is 1. The number of rotatable bonds is 4. The Labute approximate surface area is 202 Å². The molecule has 3 aliphatic heterocycles. The number of non-ortho nitro benzene ring substituents is 1. The number of halogens is 1. The number of carbonyl (C=O) groups is 2. The van der Waals surface area contributed by atoms with Crippen LogP contribution in [-0.4, -0.2) is 39.2 Å². The molecule has 2 aromatic carbocycles. The minimum Gasteiger partial charge on any atom is -0.324 e. The third-order valence-electron chi connectivity index (χ3n) is 7.10. The van der Waals surface area contributed by atoms with Gasteiger partial charge in [0.25, 0.3) is 5.69 Å². The van der Waals surface area contributed by atoms with Crippen molar-refractivity contribution in [2.75, 3.05) is 16.9 Å². The number of anilines is 1. The Morgan fingerprint density at radius 3 is 2.82 bits per heavy atom. The lowest BCUT2D eigenvalue weighted by Crippen LogP contribution is -2.52. The number of fused-ring (bicyclic) bond motifs is 4. The maximum Gasteiger partial charge on any atom is 0.269 e. The van der Waals surface area contributed by atoms with E-state index in [0.29, 0.717) is 33.3 Å². The van der Waals surface area contributed by atoms with Crippen LogP contribution in [0.2, 0.25) is 0 Å². The van der Waals surface area contributed by atoms with Gasteiger partial charge in [-0.2, -0.15) is 0 Å². The van der Waals surface area contributed by atoms with Crippen molar-refractivity contribution >= 4 is 46.2 Å². The van der Waals surface area contributed by atoms with Gasteiger partial charge < -0.3 is 5.32 Å². The molecule has 4 heterocycles. The summed E-state index contributed by atoms with van der Waals surface area (Å²) in [5.74, 6) is -1.26. The summed E-state index contributed by atoms with van der Waals surface area (Å²) in [6.07, 6.45) is 0. The molecule has 1 aromatic heterocycles. The average molecular weight is 496 g/mol. The van der Waals surface area contributed by atoms with Crippen LogP contribution < -0.4 is 5.32 Å². The third-order valence-corrected chi connectivity index (χ3v) is 9.02. The number of benzene rings is 2. The number of thioether (sulfide) groups is 1. The summed E-state index contributed by atoms with van der Waals surface area (Å²) in [5.41, 5.74) is 0.108. The highest BCUT2D eigenvalue weighted by Crippen LogP contribution is 2.61. The Kier molecular flexibility index (Phi) is 4.87. The van der Waals surface area contributed by atoms with Crippen molar-refractivity contribution in [3.8, 4) is 0 Å². The molecule has 34 heavy (non-hydrogen) atoms. The molecule has 2 fully saturated rings. The van der Waals surface area contributed by atoms with Gasteiger partial charge in [-0.1, -0.05) is 18.2 Å². The second-order valence-electron chi connectivity index (χ2n) is 8.64. The van der Waals surface area contributed by atoms with Crippen LogP contribution in [-0.2, 0) is 10.3 Å². The summed E-state index contributed by atoms with van der Waals surface area (Å²) in [5, 5.41) is 16.2. The van der Waals surface area contributed by atoms with E-state index in [4.69, 9.17) is 0 Å². The highest BCUT2D eigenvalue weighted by atomic mass is 32.2. The first-order valence-corrected chi connectivity index (χ1v) is 12.7. The van der Waals surface area contributed by atoms with Crippen LogP contribution in [0, 0.1) is 21.8 Å². The van der Waals surface area contributed by atoms with Crippen LogP contribution in [0.4, 0.5) is 15.8 Å². The number of ketones is 1. The largest absolute Gasteiger partial charge is 0.324 e. The molecular weight excluding hydrogens is 477 g/mol. The molecule has 0 bridgehead atoms. The van der Waals surface area contributed by atoms with Crippen LogP contribution in [0.1, 0.15) is 26.7 Å². The molecule has 3 unspecified atom stereocenters. The molecular formula is C24H18FN3O4S2. The van der Waals surface area contributed by atoms with E-state index < -0.39 is 28.1 Å². The van der Waals surface area contributed by atoms with Gasteiger partial charge in [-0.3, -0.25) is 24.6 Å². The molecule has 4 atom stereocenters. The van der Waals surface area contributed by atoms with E-state index in [1.54, 1.807) is 41.4 Å². The number of nitrogens with zero attached hydrogens (tertiary/aromatic N) is 2. The second kappa shape index (κ2) is 7.72. The summed E-state index contributed by atoms with van der Waals surface area (Å²) in [4.78, 5) is 41.5. The Balaban J connectivity index is 1.63. The highest BCUT2D eigenvalue weighted by Gasteiger charge is 2.69. The van der Waals surface area contributed by atoms with Gasteiger partial charge >= 0.3 is 0 Å². The van der Waals surface area contributed by atoms with E-state index in [2.05, 4.69) is 5.32 Å². The number of nitro groups is 1. The maximum atomic E-state index is 14.5. The summed E-state index contributed by atoms with van der Waals surface area (Å²) < 4.78 is 14.5. The number of nitro benzene ring substituents is 1. The zero-order chi connectivity index (χ0) is 23.6. The molecule has 1 amide bonds. The molecule has 172 valence electrons. The van der Waals surface area contributed by atoms with Crippen molar-refractivity contribution in [3.05, 3.63) is 91.9 Å². The van der Waals surface area contributed by atoms with Crippen LogP contribution in [0.5, 0.6) is 0 Å². The van der Waals surface area contributed by atoms with Crippen molar-refractivity contribution < 1.29 is 18.9 Å². The van der Waals surface area contributed by atoms with E-state index in [1.807, 2.05) is 4.90 Å². The summed E-state index contributed by atoms with van der Waals surface area (Å²) in [6.45, 7) is 0. The first-order valence-electron chi connectivity index (χ1n) is 10.7. The summed E-state index contributed by atoms with van der Waals surface area (Å²) in [6, 6.07) is 13.8. The average Bonchev–Trinajstić information content (AvgIpc) is 3.60. The molecule has 7 nitrogen and oxygen atoms in total. The van der Waals surface area contributed by atoms with Crippen LogP contribution in [0.15, 0.2) is 60.0 Å². The van der Waals surface area contributed by atoms with Crippen LogP contribution in [0.25, 0.3) is 0 Å². The van der Waals surface area contributed by atoms with Gasteiger partial charge in [0.15, 0.2) is 5.78 Å². The lowest BCUT2D eigenvalue weighted by Gasteiger charge is -2.36. The smallest absolute Gasteiger partial charge is 0.269 e. The predicted octanol–water partition coefficient (Wildman–Crippen LogP) is 4.61. The fourth-order valence-electron chi connectivity index (χ4n) is 5.84. The maximum absolute atomic E-state index is 14.5. The van der Waals surface area contributed by atoms with Gasteiger partial charge in [0.1, 0.15) is 11.4 Å². The number of carbonyl (C=O) groups excluding carboxylic acids is 2. The van der Waals surface area contributed by atoms with Crippen molar-refractivity contribution in [3.63, 3.8) is 0 Å². The molecule has 1 spiro atoms. The van der Waals surface area contributed by atoms with Crippen molar-refractivity contribution in [2.24, 2.45) is 5.92 Å². The Morgan fingerprint density at radius 1 is 1.21 bits per heavy atom. The van der Waals surface area contributed by atoms with E-state index in [1.165, 1.54) is 41.7 Å². The molecule has 0 saturated carbocycles. The predicted molar refractivity (Wildman–Crippen MR) is 128 cm³/mol. The number of Topliss-reactive ketones (excluding diaryl/α,β-unsaturated/α-hetero) is 1. The quantitative estimate of drug-likeness (QED) is 0.323. The van der Waals surface area contributed by atoms with Crippen molar-refractivity contribution in [1.29, 1.82) is 0 Å². The van der Waals surface area contributed by atoms with Gasteiger partial charge in [-0.25, -0.2) is 4.39 Å². The third kappa shape index (κ3) is 2.85.